The summed E-state index contributed by atoms with van der Waals surface area (Å²) in [6, 6.07) is 84.8. The first-order chi connectivity index (χ1) is 31.3. The zero-order valence-corrected chi connectivity index (χ0v) is 34.4. The molecule has 0 saturated heterocycles. The molecule has 0 saturated carbocycles. The summed E-state index contributed by atoms with van der Waals surface area (Å²) in [5, 5.41) is 4.46. The highest BCUT2D eigenvalue weighted by atomic mass is 15.0. The second-order valence-corrected chi connectivity index (χ2v) is 16.2. The molecule has 0 aliphatic heterocycles. The van der Waals surface area contributed by atoms with Crippen LogP contribution in [0.1, 0.15) is 22.3 Å². The molecule has 0 atom stereocenters. The van der Waals surface area contributed by atoms with Crippen molar-refractivity contribution in [1.82, 2.24) is 15.0 Å². The molecule has 1 aliphatic carbocycles. The number of fused-ring (bicyclic) bond motifs is 5. The van der Waals surface area contributed by atoms with Crippen LogP contribution in [-0.4, -0.2) is 15.0 Å². The monoisotopic (exact) mass is 801 g/mol. The molecule has 3 nitrogen and oxygen atoms in total. The third-order valence-electron chi connectivity index (χ3n) is 12.8. The van der Waals surface area contributed by atoms with Crippen molar-refractivity contribution in [1.29, 1.82) is 0 Å². The van der Waals surface area contributed by atoms with Crippen molar-refractivity contribution in [3.05, 3.63) is 259 Å². The van der Waals surface area contributed by atoms with E-state index in [1.807, 2.05) is 18.2 Å². The molecule has 12 rings (SSSR count). The first-order valence-corrected chi connectivity index (χ1v) is 21.5. The van der Waals surface area contributed by atoms with E-state index >= 15 is 0 Å². The molecule has 10 aromatic carbocycles. The predicted molar refractivity (Wildman–Crippen MR) is 259 cm³/mol. The Labute approximate surface area is 366 Å². The quantitative estimate of drug-likeness (QED) is 0.161. The van der Waals surface area contributed by atoms with E-state index in [1.54, 1.807) is 0 Å². The lowest BCUT2D eigenvalue weighted by Gasteiger charge is -2.34. The summed E-state index contributed by atoms with van der Waals surface area (Å²) in [6.07, 6.45) is 0. The SMILES string of the molecule is c1ccc(-c2nc(-c3ccc(-c4ccc5c(c4)C(c4ccccc4)(c4ccccc4)c4ccccc4-5)c4ccccc34)nc(-c3cccc4cccc(-c5ccccc5)c34)n2)cc1. The van der Waals surface area contributed by atoms with Crippen molar-refractivity contribution in [2.45, 2.75) is 5.41 Å². The highest BCUT2D eigenvalue weighted by molar-refractivity contribution is 6.07. The molecule has 294 valence electrons. The molecule has 1 aromatic heterocycles. The third kappa shape index (κ3) is 5.93. The lowest BCUT2D eigenvalue weighted by atomic mass is 9.67. The summed E-state index contributed by atoms with van der Waals surface area (Å²) in [4.78, 5) is 15.8. The number of hydrogen-bond donors (Lipinski definition) is 0. The first-order valence-electron chi connectivity index (χ1n) is 21.5. The van der Waals surface area contributed by atoms with Gasteiger partial charge in [0.15, 0.2) is 17.5 Å². The van der Waals surface area contributed by atoms with Crippen LogP contribution >= 0.6 is 0 Å². The van der Waals surface area contributed by atoms with Crippen molar-refractivity contribution in [2.24, 2.45) is 0 Å². The van der Waals surface area contributed by atoms with Crippen LogP contribution in [0.3, 0.4) is 0 Å². The minimum atomic E-state index is -0.489. The van der Waals surface area contributed by atoms with Crippen molar-refractivity contribution >= 4 is 21.5 Å². The molecule has 11 aromatic rings. The summed E-state index contributed by atoms with van der Waals surface area (Å²) in [6.45, 7) is 0. The van der Waals surface area contributed by atoms with Crippen LogP contribution in [0.15, 0.2) is 237 Å². The Balaban J connectivity index is 1.06. The lowest BCUT2D eigenvalue weighted by Crippen LogP contribution is -2.28. The minimum absolute atomic E-state index is 0.489. The van der Waals surface area contributed by atoms with Crippen molar-refractivity contribution in [3.63, 3.8) is 0 Å². The number of hydrogen-bond acceptors (Lipinski definition) is 3. The number of rotatable bonds is 7. The van der Waals surface area contributed by atoms with Crippen molar-refractivity contribution in [3.8, 4) is 67.5 Å². The zero-order chi connectivity index (χ0) is 41.7. The fourth-order valence-electron chi connectivity index (χ4n) is 10.1. The summed E-state index contributed by atoms with van der Waals surface area (Å²) in [5.74, 6) is 1.90. The van der Waals surface area contributed by atoms with Gasteiger partial charge >= 0.3 is 0 Å². The zero-order valence-electron chi connectivity index (χ0n) is 34.4. The van der Waals surface area contributed by atoms with Crippen LogP contribution in [0.4, 0.5) is 0 Å². The van der Waals surface area contributed by atoms with E-state index in [1.165, 1.54) is 33.4 Å². The lowest BCUT2D eigenvalue weighted by molar-refractivity contribution is 0.769. The predicted octanol–water partition coefficient (Wildman–Crippen LogP) is 14.9. The molecule has 1 heterocycles. The smallest absolute Gasteiger partial charge is 0.164 e. The number of nitrogens with zero attached hydrogens (tertiary/aromatic N) is 3. The molecule has 63 heavy (non-hydrogen) atoms. The normalized spacial score (nSPS) is 12.6. The third-order valence-corrected chi connectivity index (χ3v) is 12.8. The maximum atomic E-state index is 5.37. The van der Waals surface area contributed by atoms with Crippen LogP contribution in [-0.2, 0) is 5.41 Å². The summed E-state index contributed by atoms with van der Waals surface area (Å²) >= 11 is 0. The molecule has 0 fully saturated rings. The van der Waals surface area contributed by atoms with E-state index in [0.717, 1.165) is 60.5 Å². The van der Waals surface area contributed by atoms with Crippen LogP contribution < -0.4 is 0 Å². The fourth-order valence-corrected chi connectivity index (χ4v) is 10.1. The van der Waals surface area contributed by atoms with E-state index in [2.05, 4.69) is 218 Å². The fraction of sp³-hybridized carbons (Fsp3) is 0.0167. The molecule has 0 bridgehead atoms. The number of aromatic nitrogens is 3. The first kappa shape index (κ1) is 36.6. The van der Waals surface area contributed by atoms with E-state index in [-0.39, 0.29) is 0 Å². The Morgan fingerprint density at radius 3 is 1.43 bits per heavy atom. The molecule has 0 amide bonds. The second kappa shape index (κ2) is 15.0. The average Bonchev–Trinajstić information content (AvgIpc) is 3.67. The number of benzene rings is 10. The van der Waals surface area contributed by atoms with Crippen LogP contribution in [0.5, 0.6) is 0 Å². The summed E-state index contributed by atoms with van der Waals surface area (Å²) in [5.41, 5.74) is 14.6. The summed E-state index contributed by atoms with van der Waals surface area (Å²) in [7, 11) is 0. The van der Waals surface area contributed by atoms with Crippen molar-refractivity contribution < 1.29 is 0 Å². The van der Waals surface area contributed by atoms with Gasteiger partial charge in [-0.3, -0.25) is 0 Å². The van der Waals surface area contributed by atoms with E-state index < -0.39 is 5.41 Å². The van der Waals surface area contributed by atoms with E-state index in [0.29, 0.717) is 17.5 Å². The highest BCUT2D eigenvalue weighted by Crippen LogP contribution is 2.57. The Morgan fingerprint density at radius 2 is 0.746 bits per heavy atom. The van der Waals surface area contributed by atoms with Gasteiger partial charge in [0.1, 0.15) is 0 Å². The molecule has 0 N–H and O–H groups in total. The Bertz CT molecular complexity index is 3450. The van der Waals surface area contributed by atoms with Crippen LogP contribution in [0, 0.1) is 0 Å². The van der Waals surface area contributed by atoms with Gasteiger partial charge in [-0.1, -0.05) is 224 Å². The largest absolute Gasteiger partial charge is 0.208 e. The maximum absolute atomic E-state index is 5.37. The van der Waals surface area contributed by atoms with Gasteiger partial charge in [-0.15, -0.1) is 0 Å². The van der Waals surface area contributed by atoms with Gasteiger partial charge in [0.05, 0.1) is 5.41 Å². The molecular formula is C60H39N3. The Kier molecular flexibility index (Phi) is 8.72. The van der Waals surface area contributed by atoms with Crippen LogP contribution in [0.25, 0.3) is 89.1 Å². The molecule has 0 unspecified atom stereocenters. The highest BCUT2D eigenvalue weighted by Gasteiger charge is 2.46. The van der Waals surface area contributed by atoms with Gasteiger partial charge in [0.25, 0.3) is 0 Å². The molecule has 3 heteroatoms. The van der Waals surface area contributed by atoms with Gasteiger partial charge in [0.2, 0.25) is 0 Å². The average molecular weight is 802 g/mol. The van der Waals surface area contributed by atoms with Crippen LogP contribution in [0.2, 0.25) is 0 Å². The molecule has 1 aliphatic rings. The topological polar surface area (TPSA) is 38.7 Å². The van der Waals surface area contributed by atoms with Gasteiger partial charge in [-0.05, 0) is 83.9 Å². The van der Waals surface area contributed by atoms with Crippen molar-refractivity contribution in [2.75, 3.05) is 0 Å². The Hall–Kier alpha value is -8.27. The van der Waals surface area contributed by atoms with Gasteiger partial charge in [-0.25, -0.2) is 15.0 Å². The molecular weight excluding hydrogens is 763 g/mol. The minimum Gasteiger partial charge on any atom is -0.208 e. The van der Waals surface area contributed by atoms with Gasteiger partial charge < -0.3 is 0 Å². The standard InChI is InChI=1S/C60H39N3/c1-5-19-40(20-6-1)47-32-17-23-41-24-18-33-53(56(41)47)59-62-57(42-21-7-2-8-22-42)61-58(63-59)52-38-37-46(48-29-13-14-30-49(48)52)43-35-36-51-50-31-15-16-34-54(50)60(55(51)39-43,44-25-9-3-10-26-44)45-27-11-4-12-28-45/h1-39H. The van der Waals surface area contributed by atoms with Gasteiger partial charge in [0, 0.05) is 22.1 Å². The molecule has 0 radical (unpaired) electrons. The second-order valence-electron chi connectivity index (χ2n) is 16.2. The molecule has 0 spiro atoms. The van der Waals surface area contributed by atoms with Gasteiger partial charge in [-0.2, -0.15) is 0 Å². The van der Waals surface area contributed by atoms with E-state index in [9.17, 15) is 0 Å². The summed E-state index contributed by atoms with van der Waals surface area (Å²) < 4.78 is 0. The maximum Gasteiger partial charge on any atom is 0.164 e. The van der Waals surface area contributed by atoms with E-state index in [4.69, 9.17) is 15.0 Å². The Morgan fingerprint density at radius 1 is 0.270 bits per heavy atom.